The number of halogens is 1. The third-order valence-electron chi connectivity index (χ3n) is 2.73. The molecular weight excluding hydrogens is 352 g/mol. The normalized spacial score (nSPS) is 10.2. The predicted molar refractivity (Wildman–Crippen MR) is 88.8 cm³/mol. The van der Waals surface area contributed by atoms with Gasteiger partial charge in [0.15, 0.2) is 0 Å². The highest BCUT2D eigenvalue weighted by Crippen LogP contribution is 2.15. The van der Waals surface area contributed by atoms with Gasteiger partial charge in [0, 0.05) is 28.0 Å². The minimum absolute atomic E-state index is 0.125. The number of aryl methyl sites for hydroxylation is 1. The van der Waals surface area contributed by atoms with Gasteiger partial charge >= 0.3 is 0 Å². The quantitative estimate of drug-likeness (QED) is 0.849. The van der Waals surface area contributed by atoms with Crippen LogP contribution in [0.2, 0.25) is 0 Å². The van der Waals surface area contributed by atoms with E-state index in [0.717, 1.165) is 15.0 Å². The minimum Gasteiger partial charge on any atom is -0.351 e. The highest BCUT2D eigenvalue weighted by molar-refractivity contribution is 9.10. The standard InChI is InChI=1S/C15H15BrN2O2S/c1-10-2-7-13(21-10)15(20)17-9-8-14(19)18-12-5-3-11(16)4-6-12/h2-7H,8-9H2,1H3,(H,17,20)(H,18,19). The topological polar surface area (TPSA) is 58.2 Å². The summed E-state index contributed by atoms with van der Waals surface area (Å²) in [5, 5.41) is 5.52. The molecule has 0 aliphatic carbocycles. The van der Waals surface area contributed by atoms with Gasteiger partial charge < -0.3 is 10.6 Å². The summed E-state index contributed by atoms with van der Waals surface area (Å²) in [6, 6.07) is 11.0. The molecule has 0 fully saturated rings. The number of thiophene rings is 1. The fourth-order valence-corrected chi connectivity index (χ4v) is 2.74. The Morgan fingerprint density at radius 1 is 1.14 bits per heavy atom. The van der Waals surface area contributed by atoms with Crippen LogP contribution in [-0.4, -0.2) is 18.4 Å². The summed E-state index contributed by atoms with van der Waals surface area (Å²) in [6.45, 7) is 2.27. The van der Waals surface area contributed by atoms with E-state index in [1.807, 2.05) is 37.3 Å². The van der Waals surface area contributed by atoms with Gasteiger partial charge in [-0.25, -0.2) is 0 Å². The van der Waals surface area contributed by atoms with E-state index in [1.165, 1.54) is 11.3 Å². The smallest absolute Gasteiger partial charge is 0.261 e. The maximum absolute atomic E-state index is 11.8. The second-order valence-corrected chi connectivity index (χ2v) is 6.67. The molecule has 2 aromatic rings. The largest absolute Gasteiger partial charge is 0.351 e. The van der Waals surface area contributed by atoms with Crippen molar-refractivity contribution in [2.75, 3.05) is 11.9 Å². The lowest BCUT2D eigenvalue weighted by molar-refractivity contribution is -0.116. The molecule has 21 heavy (non-hydrogen) atoms. The first-order valence-electron chi connectivity index (χ1n) is 6.44. The zero-order valence-electron chi connectivity index (χ0n) is 11.5. The lowest BCUT2D eigenvalue weighted by atomic mass is 10.3. The zero-order valence-corrected chi connectivity index (χ0v) is 13.9. The van der Waals surface area contributed by atoms with Gasteiger partial charge in [0.2, 0.25) is 5.91 Å². The average molecular weight is 367 g/mol. The van der Waals surface area contributed by atoms with Gasteiger partial charge in [-0.1, -0.05) is 15.9 Å². The maximum Gasteiger partial charge on any atom is 0.261 e. The van der Waals surface area contributed by atoms with Gasteiger partial charge in [-0.15, -0.1) is 11.3 Å². The first kappa shape index (κ1) is 15.7. The van der Waals surface area contributed by atoms with Gasteiger partial charge in [0.1, 0.15) is 0 Å². The maximum atomic E-state index is 11.8. The molecule has 1 heterocycles. The zero-order chi connectivity index (χ0) is 15.2. The third kappa shape index (κ3) is 4.99. The van der Waals surface area contributed by atoms with Gasteiger partial charge in [-0.05, 0) is 43.3 Å². The predicted octanol–water partition coefficient (Wildman–Crippen LogP) is 3.58. The molecule has 0 unspecified atom stereocenters. The Balaban J connectivity index is 1.74. The third-order valence-corrected chi connectivity index (χ3v) is 4.26. The van der Waals surface area contributed by atoms with E-state index in [0.29, 0.717) is 11.4 Å². The molecule has 0 spiro atoms. The average Bonchev–Trinajstić information content (AvgIpc) is 2.88. The summed E-state index contributed by atoms with van der Waals surface area (Å²) < 4.78 is 0.957. The molecule has 110 valence electrons. The number of hydrogen-bond acceptors (Lipinski definition) is 3. The molecular formula is C15H15BrN2O2S. The Hall–Kier alpha value is -1.66. The van der Waals surface area contributed by atoms with E-state index < -0.39 is 0 Å². The van der Waals surface area contributed by atoms with Crippen LogP contribution in [0.15, 0.2) is 40.9 Å². The SMILES string of the molecule is Cc1ccc(C(=O)NCCC(=O)Nc2ccc(Br)cc2)s1. The first-order chi connectivity index (χ1) is 10.0. The van der Waals surface area contributed by atoms with Gasteiger partial charge in [-0.3, -0.25) is 9.59 Å². The lowest BCUT2D eigenvalue weighted by Crippen LogP contribution is -2.27. The molecule has 0 bridgehead atoms. The van der Waals surface area contributed by atoms with Crippen molar-refractivity contribution in [1.82, 2.24) is 5.32 Å². The summed E-state index contributed by atoms with van der Waals surface area (Å²) in [5.74, 6) is -0.260. The first-order valence-corrected chi connectivity index (χ1v) is 8.05. The van der Waals surface area contributed by atoms with Crippen molar-refractivity contribution in [3.63, 3.8) is 0 Å². The van der Waals surface area contributed by atoms with Crippen molar-refractivity contribution < 1.29 is 9.59 Å². The molecule has 0 atom stereocenters. The molecule has 6 heteroatoms. The van der Waals surface area contributed by atoms with E-state index in [-0.39, 0.29) is 18.2 Å². The summed E-state index contributed by atoms with van der Waals surface area (Å²) in [6.07, 6.45) is 0.242. The highest BCUT2D eigenvalue weighted by atomic mass is 79.9. The molecule has 0 radical (unpaired) electrons. The molecule has 1 aromatic carbocycles. The van der Waals surface area contributed by atoms with E-state index in [9.17, 15) is 9.59 Å². The van der Waals surface area contributed by atoms with Crippen molar-refractivity contribution in [3.05, 3.63) is 50.6 Å². The molecule has 2 rings (SSSR count). The molecule has 0 aliphatic rings. The van der Waals surface area contributed by atoms with E-state index in [1.54, 1.807) is 6.07 Å². The minimum atomic E-state index is -0.135. The number of benzene rings is 1. The van der Waals surface area contributed by atoms with Crippen LogP contribution in [0, 0.1) is 6.92 Å². The van der Waals surface area contributed by atoms with E-state index in [4.69, 9.17) is 0 Å². The van der Waals surface area contributed by atoms with Gasteiger partial charge in [-0.2, -0.15) is 0 Å². The molecule has 1 aromatic heterocycles. The van der Waals surface area contributed by atoms with Crippen LogP contribution in [-0.2, 0) is 4.79 Å². The van der Waals surface area contributed by atoms with E-state index in [2.05, 4.69) is 26.6 Å². The van der Waals surface area contributed by atoms with Crippen molar-refractivity contribution >= 4 is 44.8 Å². The number of carbonyl (C=O) groups excluding carboxylic acids is 2. The van der Waals surface area contributed by atoms with Crippen molar-refractivity contribution in [3.8, 4) is 0 Å². The Morgan fingerprint density at radius 3 is 2.48 bits per heavy atom. The Kier molecular flexibility index (Phi) is 5.52. The van der Waals surface area contributed by atoms with Crippen LogP contribution in [0.3, 0.4) is 0 Å². The molecule has 0 aliphatic heterocycles. The van der Waals surface area contributed by atoms with Crippen LogP contribution in [0.4, 0.5) is 5.69 Å². The number of hydrogen-bond donors (Lipinski definition) is 2. The van der Waals surface area contributed by atoms with Crippen molar-refractivity contribution in [2.45, 2.75) is 13.3 Å². The van der Waals surface area contributed by atoms with Crippen LogP contribution in [0.25, 0.3) is 0 Å². The molecule has 4 nitrogen and oxygen atoms in total. The monoisotopic (exact) mass is 366 g/mol. The second-order valence-electron chi connectivity index (χ2n) is 4.47. The van der Waals surface area contributed by atoms with Crippen LogP contribution >= 0.6 is 27.3 Å². The fourth-order valence-electron chi connectivity index (χ4n) is 1.69. The Bertz CT molecular complexity index is 637. The highest BCUT2D eigenvalue weighted by Gasteiger charge is 2.08. The summed E-state index contributed by atoms with van der Waals surface area (Å²) in [5.41, 5.74) is 0.739. The summed E-state index contributed by atoms with van der Waals surface area (Å²) in [7, 11) is 0. The second kappa shape index (κ2) is 7.38. The molecule has 2 amide bonds. The van der Waals surface area contributed by atoms with Crippen LogP contribution in [0.1, 0.15) is 21.0 Å². The Morgan fingerprint density at radius 2 is 1.86 bits per heavy atom. The van der Waals surface area contributed by atoms with Crippen molar-refractivity contribution in [1.29, 1.82) is 0 Å². The van der Waals surface area contributed by atoms with Gasteiger partial charge in [0.25, 0.3) is 5.91 Å². The molecule has 0 saturated heterocycles. The Labute approximate surface area is 135 Å². The van der Waals surface area contributed by atoms with Crippen LogP contribution in [0.5, 0.6) is 0 Å². The summed E-state index contributed by atoms with van der Waals surface area (Å²) in [4.78, 5) is 25.3. The number of amides is 2. The molecule has 0 saturated carbocycles. The van der Waals surface area contributed by atoms with Crippen LogP contribution < -0.4 is 10.6 Å². The van der Waals surface area contributed by atoms with E-state index >= 15 is 0 Å². The van der Waals surface area contributed by atoms with Gasteiger partial charge in [0.05, 0.1) is 4.88 Å². The summed E-state index contributed by atoms with van der Waals surface area (Å²) >= 11 is 4.78. The lowest BCUT2D eigenvalue weighted by Gasteiger charge is -2.06. The number of rotatable bonds is 5. The van der Waals surface area contributed by atoms with Crippen molar-refractivity contribution in [2.24, 2.45) is 0 Å². The fraction of sp³-hybridized carbons (Fsp3) is 0.200. The number of anilines is 1. The molecule has 2 N–H and O–H groups in total. The number of nitrogens with one attached hydrogen (secondary N) is 2. The number of carbonyl (C=O) groups is 2.